The highest BCUT2D eigenvalue weighted by Crippen LogP contribution is 2.09. The van der Waals surface area contributed by atoms with E-state index < -0.39 is 0 Å². The van der Waals surface area contributed by atoms with Gasteiger partial charge in [-0.15, -0.1) is 12.4 Å². The summed E-state index contributed by atoms with van der Waals surface area (Å²) in [6, 6.07) is 0. The van der Waals surface area contributed by atoms with Crippen LogP contribution in [0.1, 0.15) is 0 Å². The third-order valence-electron chi connectivity index (χ3n) is 2.55. The molecule has 1 amide bonds. The summed E-state index contributed by atoms with van der Waals surface area (Å²) < 4.78 is 5.43. The van der Waals surface area contributed by atoms with E-state index in [1.807, 2.05) is 16.7 Å². The number of hydrogen-bond donors (Lipinski definition) is 1. The van der Waals surface area contributed by atoms with Gasteiger partial charge >= 0.3 is 0 Å². The fourth-order valence-corrected chi connectivity index (χ4v) is 2.38. The van der Waals surface area contributed by atoms with Gasteiger partial charge < -0.3 is 15.0 Å². The van der Waals surface area contributed by atoms with Crippen molar-refractivity contribution >= 4 is 30.1 Å². The first-order chi connectivity index (χ1) is 6.86. The lowest BCUT2D eigenvalue weighted by atomic mass is 10.2. The van der Waals surface area contributed by atoms with Crippen molar-refractivity contribution in [2.24, 2.45) is 0 Å². The number of ether oxygens (including phenoxy) is 1. The van der Waals surface area contributed by atoms with Gasteiger partial charge in [0.15, 0.2) is 0 Å². The van der Waals surface area contributed by atoms with Crippen molar-refractivity contribution in [3.05, 3.63) is 0 Å². The predicted octanol–water partition coefficient (Wildman–Crippen LogP) is -0.0280. The van der Waals surface area contributed by atoms with Gasteiger partial charge in [-0.2, -0.15) is 11.8 Å². The molecular weight excluding hydrogens is 236 g/mol. The molecule has 6 heteroatoms. The lowest BCUT2D eigenvalue weighted by Crippen LogP contribution is -2.50. The highest BCUT2D eigenvalue weighted by molar-refractivity contribution is 7.99. The molecule has 0 saturated carbocycles. The summed E-state index contributed by atoms with van der Waals surface area (Å²) in [7, 11) is 0. The van der Waals surface area contributed by atoms with E-state index >= 15 is 0 Å². The highest BCUT2D eigenvalue weighted by Gasteiger charge is 2.21. The minimum Gasteiger partial charge on any atom is -0.366 e. The van der Waals surface area contributed by atoms with Gasteiger partial charge in [-0.1, -0.05) is 0 Å². The van der Waals surface area contributed by atoms with Crippen LogP contribution >= 0.6 is 24.2 Å². The third kappa shape index (κ3) is 3.83. The van der Waals surface area contributed by atoms with E-state index in [1.54, 1.807) is 0 Å². The summed E-state index contributed by atoms with van der Waals surface area (Å²) in [6.45, 7) is 3.81. The minimum atomic E-state index is 0. The second-order valence-electron chi connectivity index (χ2n) is 3.58. The number of thioether (sulfide) groups is 1. The number of carbonyl (C=O) groups is 1. The van der Waals surface area contributed by atoms with E-state index in [0.717, 1.165) is 37.7 Å². The minimum absolute atomic E-state index is 0. The summed E-state index contributed by atoms with van der Waals surface area (Å²) in [5, 5.41) is 3.11. The second-order valence-corrected chi connectivity index (χ2v) is 4.81. The van der Waals surface area contributed by atoms with Crippen molar-refractivity contribution < 1.29 is 9.53 Å². The second kappa shape index (κ2) is 6.58. The first-order valence-corrected chi connectivity index (χ1v) is 6.19. The molecule has 2 aliphatic rings. The van der Waals surface area contributed by atoms with Crippen LogP contribution in [0, 0.1) is 0 Å². The van der Waals surface area contributed by atoms with Gasteiger partial charge in [0.2, 0.25) is 5.91 Å². The summed E-state index contributed by atoms with van der Waals surface area (Å²) in [4.78, 5) is 13.5. The molecule has 0 aromatic heterocycles. The van der Waals surface area contributed by atoms with Crippen molar-refractivity contribution in [2.75, 3.05) is 44.3 Å². The first kappa shape index (κ1) is 13.1. The molecule has 0 aliphatic carbocycles. The van der Waals surface area contributed by atoms with Gasteiger partial charge in [0.1, 0.15) is 6.61 Å². The average Bonchev–Trinajstić information content (AvgIpc) is 2.16. The Balaban J connectivity index is 0.00000112. The molecule has 0 aromatic carbocycles. The van der Waals surface area contributed by atoms with Crippen LogP contribution in [0.5, 0.6) is 0 Å². The predicted molar refractivity (Wildman–Crippen MR) is 63.8 cm³/mol. The molecule has 2 fully saturated rings. The fourth-order valence-electron chi connectivity index (χ4n) is 1.47. The molecule has 15 heavy (non-hydrogen) atoms. The van der Waals surface area contributed by atoms with Crippen LogP contribution in [-0.4, -0.2) is 61.2 Å². The van der Waals surface area contributed by atoms with Crippen LogP contribution in [0.15, 0.2) is 0 Å². The van der Waals surface area contributed by atoms with Crippen molar-refractivity contribution in [1.29, 1.82) is 0 Å². The molecule has 0 bridgehead atoms. The number of halogens is 1. The van der Waals surface area contributed by atoms with Gasteiger partial charge in [-0.05, 0) is 0 Å². The van der Waals surface area contributed by atoms with Crippen molar-refractivity contribution in [3.8, 4) is 0 Å². The van der Waals surface area contributed by atoms with Crippen LogP contribution in [0.4, 0.5) is 0 Å². The SMILES string of the molecule is Cl.O=C(COC1CNC1)N1CCSCC1. The molecule has 0 atom stereocenters. The smallest absolute Gasteiger partial charge is 0.248 e. The van der Waals surface area contributed by atoms with Crippen molar-refractivity contribution in [1.82, 2.24) is 10.2 Å². The zero-order valence-electron chi connectivity index (χ0n) is 8.61. The molecule has 1 N–H and O–H groups in total. The molecule has 0 aromatic rings. The quantitative estimate of drug-likeness (QED) is 0.766. The Morgan fingerprint density at radius 2 is 2.07 bits per heavy atom. The van der Waals surface area contributed by atoms with E-state index in [-0.39, 0.29) is 31.0 Å². The van der Waals surface area contributed by atoms with Crippen LogP contribution in [0.25, 0.3) is 0 Å². The Bertz CT molecular complexity index is 208. The molecule has 2 heterocycles. The number of amides is 1. The van der Waals surface area contributed by atoms with Crippen molar-refractivity contribution in [3.63, 3.8) is 0 Å². The number of nitrogens with zero attached hydrogens (tertiary/aromatic N) is 1. The topological polar surface area (TPSA) is 41.6 Å². The zero-order chi connectivity index (χ0) is 9.80. The molecule has 0 radical (unpaired) electrons. The standard InChI is InChI=1S/C9H16N2O2S.ClH/c12-9(7-13-8-5-10-6-8)11-1-3-14-4-2-11;/h8,10H,1-7H2;1H. The lowest BCUT2D eigenvalue weighted by Gasteiger charge is -2.30. The summed E-state index contributed by atoms with van der Waals surface area (Å²) in [5.41, 5.74) is 0. The summed E-state index contributed by atoms with van der Waals surface area (Å²) >= 11 is 1.91. The van der Waals surface area contributed by atoms with Crippen LogP contribution in [0.2, 0.25) is 0 Å². The van der Waals surface area contributed by atoms with Gasteiger partial charge in [-0.25, -0.2) is 0 Å². The first-order valence-electron chi connectivity index (χ1n) is 5.04. The van der Waals surface area contributed by atoms with Gasteiger partial charge in [0.25, 0.3) is 0 Å². The average molecular weight is 253 g/mol. The van der Waals surface area contributed by atoms with E-state index in [1.165, 1.54) is 0 Å². The summed E-state index contributed by atoms with van der Waals surface area (Å²) in [5.74, 6) is 2.28. The Morgan fingerprint density at radius 3 is 2.60 bits per heavy atom. The van der Waals surface area contributed by atoms with Crippen molar-refractivity contribution in [2.45, 2.75) is 6.10 Å². The van der Waals surface area contributed by atoms with Gasteiger partial charge in [-0.3, -0.25) is 4.79 Å². The van der Waals surface area contributed by atoms with E-state index in [0.29, 0.717) is 0 Å². The van der Waals surface area contributed by atoms with Gasteiger partial charge in [0.05, 0.1) is 6.10 Å². The van der Waals surface area contributed by atoms with Crippen LogP contribution in [0.3, 0.4) is 0 Å². The largest absolute Gasteiger partial charge is 0.366 e. The normalized spacial score (nSPS) is 21.7. The van der Waals surface area contributed by atoms with Crippen LogP contribution in [-0.2, 0) is 9.53 Å². The molecule has 0 spiro atoms. The Labute approximate surface area is 101 Å². The molecule has 2 rings (SSSR count). The number of rotatable bonds is 3. The zero-order valence-corrected chi connectivity index (χ0v) is 10.2. The van der Waals surface area contributed by atoms with E-state index in [2.05, 4.69) is 5.32 Å². The molecule has 88 valence electrons. The monoisotopic (exact) mass is 252 g/mol. The number of carbonyl (C=O) groups excluding carboxylic acids is 1. The Morgan fingerprint density at radius 1 is 1.40 bits per heavy atom. The molecule has 0 unspecified atom stereocenters. The third-order valence-corrected chi connectivity index (χ3v) is 3.49. The Kier molecular flexibility index (Phi) is 5.74. The van der Waals surface area contributed by atoms with E-state index in [4.69, 9.17) is 4.74 Å². The highest BCUT2D eigenvalue weighted by atomic mass is 35.5. The maximum absolute atomic E-state index is 11.6. The van der Waals surface area contributed by atoms with E-state index in [9.17, 15) is 4.79 Å². The molecular formula is C9H17ClN2O2S. The number of nitrogens with one attached hydrogen (secondary N) is 1. The Hall–Kier alpha value is 0.0300. The molecule has 4 nitrogen and oxygen atoms in total. The fraction of sp³-hybridized carbons (Fsp3) is 0.889. The maximum atomic E-state index is 11.6. The number of hydrogen-bond acceptors (Lipinski definition) is 4. The molecule has 2 aliphatic heterocycles. The lowest BCUT2D eigenvalue weighted by molar-refractivity contribution is -0.138. The maximum Gasteiger partial charge on any atom is 0.248 e. The van der Waals surface area contributed by atoms with Crippen LogP contribution < -0.4 is 5.32 Å². The van der Waals surface area contributed by atoms with Gasteiger partial charge in [0, 0.05) is 37.7 Å². The molecule has 2 saturated heterocycles. The summed E-state index contributed by atoms with van der Waals surface area (Å²) in [6.07, 6.45) is 0.262.